The van der Waals surface area contributed by atoms with E-state index in [9.17, 15) is 8.42 Å². The summed E-state index contributed by atoms with van der Waals surface area (Å²) in [6.07, 6.45) is 8.21. The Morgan fingerprint density at radius 3 is 2.65 bits per heavy atom. The van der Waals surface area contributed by atoms with Crippen molar-refractivity contribution in [2.75, 3.05) is 11.9 Å². The topological polar surface area (TPSA) is 74.0 Å². The number of anilines is 1. The average Bonchev–Trinajstić information content (AvgIpc) is 3.52. The summed E-state index contributed by atoms with van der Waals surface area (Å²) < 4.78 is 28.9. The van der Waals surface area contributed by atoms with E-state index in [-0.39, 0.29) is 12.0 Å². The van der Waals surface area contributed by atoms with E-state index in [1.165, 1.54) is 10.9 Å². The highest BCUT2D eigenvalue weighted by molar-refractivity contribution is 7.89. The lowest BCUT2D eigenvalue weighted by atomic mass is 9.77. The monoisotopic (exact) mass is 469 g/mol. The molecule has 1 aliphatic carbocycles. The van der Waals surface area contributed by atoms with Gasteiger partial charge in [-0.05, 0) is 59.7 Å². The number of hydrogen-bond acceptors (Lipinski definition) is 3. The number of allylic oxidation sites excluding steroid dienone is 2. The Bertz CT molecular complexity index is 1470. The van der Waals surface area contributed by atoms with Crippen LogP contribution >= 0.6 is 0 Å². The highest BCUT2D eigenvalue weighted by Crippen LogP contribution is 2.51. The fourth-order valence-corrected chi connectivity index (χ4v) is 6.52. The summed E-state index contributed by atoms with van der Waals surface area (Å²) in [5.74, 6) is 0.532. The van der Waals surface area contributed by atoms with E-state index in [1.54, 1.807) is 6.07 Å². The van der Waals surface area contributed by atoms with Crippen molar-refractivity contribution in [3.05, 3.63) is 108 Å². The second-order valence-electron chi connectivity index (χ2n) is 9.15. The molecule has 0 fully saturated rings. The molecule has 0 saturated heterocycles. The second-order valence-corrected chi connectivity index (χ2v) is 10.9. The van der Waals surface area contributed by atoms with E-state index in [2.05, 4.69) is 51.6 Å². The maximum absolute atomic E-state index is 13.0. The molecule has 34 heavy (non-hydrogen) atoms. The van der Waals surface area contributed by atoms with E-state index in [0.717, 1.165) is 28.8 Å². The van der Waals surface area contributed by atoms with Gasteiger partial charge >= 0.3 is 0 Å². The third-order valence-corrected chi connectivity index (χ3v) is 8.61. The molecule has 1 aliphatic heterocycles. The molecule has 2 heterocycles. The van der Waals surface area contributed by atoms with Crippen molar-refractivity contribution in [3.8, 4) is 0 Å². The lowest BCUT2D eigenvalue weighted by molar-refractivity contribution is 0.427. The minimum atomic E-state index is -3.59. The third kappa shape index (κ3) is 3.73. The van der Waals surface area contributed by atoms with Crippen LogP contribution in [-0.2, 0) is 16.4 Å². The Kier molecular flexibility index (Phi) is 5.27. The Labute approximate surface area is 200 Å². The Morgan fingerprint density at radius 2 is 1.76 bits per heavy atom. The summed E-state index contributed by atoms with van der Waals surface area (Å²) in [5.41, 5.74) is 5.57. The predicted molar refractivity (Wildman–Crippen MR) is 136 cm³/mol. The van der Waals surface area contributed by atoms with Crippen LogP contribution in [0.1, 0.15) is 35.1 Å². The SMILES string of the molecule is O=S(=O)(NCCc1ccccc1)c1ccc2c(c1)C1C=CCC1C(c1c[nH]c3ccccc13)N2. The quantitative estimate of drug-likeness (QED) is 0.326. The minimum absolute atomic E-state index is 0.162. The van der Waals surface area contributed by atoms with Gasteiger partial charge in [0.15, 0.2) is 0 Å². The van der Waals surface area contributed by atoms with Crippen molar-refractivity contribution in [3.63, 3.8) is 0 Å². The van der Waals surface area contributed by atoms with Crippen LogP contribution in [-0.4, -0.2) is 19.9 Å². The van der Waals surface area contributed by atoms with Crippen molar-refractivity contribution in [1.82, 2.24) is 9.71 Å². The Morgan fingerprint density at radius 1 is 0.941 bits per heavy atom. The van der Waals surface area contributed by atoms with Gasteiger partial charge in [-0.1, -0.05) is 60.7 Å². The molecule has 0 amide bonds. The Balaban J connectivity index is 1.27. The van der Waals surface area contributed by atoms with Crippen molar-refractivity contribution >= 4 is 26.6 Å². The molecule has 0 saturated carbocycles. The van der Waals surface area contributed by atoms with Crippen LogP contribution in [0.3, 0.4) is 0 Å². The van der Waals surface area contributed by atoms with Gasteiger partial charge in [0.1, 0.15) is 0 Å². The number of nitrogens with one attached hydrogen (secondary N) is 3. The molecule has 6 heteroatoms. The van der Waals surface area contributed by atoms with Gasteiger partial charge in [0, 0.05) is 35.2 Å². The van der Waals surface area contributed by atoms with Crippen LogP contribution < -0.4 is 10.0 Å². The van der Waals surface area contributed by atoms with Gasteiger partial charge in [0.05, 0.1) is 10.9 Å². The standard InChI is InChI=1S/C28H27N3O2S/c32-34(33,30-16-15-19-7-2-1-3-8-19)20-13-14-27-24(17-20)21-10-6-11-23(21)28(31-27)25-18-29-26-12-5-4-9-22(25)26/h1-10,12-14,17-18,21,23,28-31H,11,15-16H2. The van der Waals surface area contributed by atoms with Crippen molar-refractivity contribution in [2.24, 2.45) is 5.92 Å². The van der Waals surface area contributed by atoms with Gasteiger partial charge in [-0.15, -0.1) is 0 Å². The van der Waals surface area contributed by atoms with Gasteiger partial charge in [0.25, 0.3) is 0 Å². The summed E-state index contributed by atoms with van der Waals surface area (Å²) in [5, 5.41) is 4.96. The summed E-state index contributed by atoms with van der Waals surface area (Å²) in [4.78, 5) is 3.73. The molecule has 2 aliphatic rings. The van der Waals surface area contributed by atoms with Crippen LogP contribution in [0.25, 0.3) is 10.9 Å². The molecule has 0 radical (unpaired) electrons. The van der Waals surface area contributed by atoms with E-state index in [4.69, 9.17) is 0 Å². The number of sulfonamides is 1. The zero-order valence-electron chi connectivity index (χ0n) is 18.7. The van der Waals surface area contributed by atoms with Crippen molar-refractivity contribution in [2.45, 2.75) is 29.7 Å². The number of aromatic amines is 1. The van der Waals surface area contributed by atoms with E-state index < -0.39 is 10.0 Å². The third-order valence-electron chi connectivity index (χ3n) is 7.15. The zero-order chi connectivity index (χ0) is 23.1. The fourth-order valence-electron chi connectivity index (χ4n) is 5.46. The summed E-state index contributed by atoms with van der Waals surface area (Å²) in [6.45, 7) is 0.371. The molecule has 4 aromatic rings. The number of rotatable bonds is 6. The molecule has 3 aromatic carbocycles. The molecule has 6 rings (SSSR count). The molecule has 0 bridgehead atoms. The smallest absolute Gasteiger partial charge is 0.240 e. The van der Waals surface area contributed by atoms with Gasteiger partial charge in [-0.3, -0.25) is 0 Å². The lowest BCUT2D eigenvalue weighted by Crippen LogP contribution is -2.30. The molecule has 1 aromatic heterocycles. The highest BCUT2D eigenvalue weighted by atomic mass is 32.2. The number of H-pyrrole nitrogens is 1. The second kappa shape index (κ2) is 8.46. The predicted octanol–water partition coefficient (Wildman–Crippen LogP) is 5.52. The summed E-state index contributed by atoms with van der Waals surface area (Å²) in [7, 11) is -3.59. The maximum atomic E-state index is 13.0. The van der Waals surface area contributed by atoms with Crippen LogP contribution in [0.5, 0.6) is 0 Å². The number of hydrogen-bond donors (Lipinski definition) is 3. The molecule has 3 unspecified atom stereocenters. The van der Waals surface area contributed by atoms with Gasteiger partial charge in [-0.2, -0.15) is 0 Å². The van der Waals surface area contributed by atoms with Gasteiger partial charge < -0.3 is 10.3 Å². The first kappa shape index (κ1) is 21.2. The van der Waals surface area contributed by atoms with Gasteiger partial charge in [0.2, 0.25) is 10.0 Å². The number of para-hydroxylation sites is 1. The first-order chi connectivity index (χ1) is 16.6. The summed E-state index contributed by atoms with van der Waals surface area (Å²) in [6, 6.07) is 23.9. The van der Waals surface area contributed by atoms with E-state index in [0.29, 0.717) is 23.8 Å². The first-order valence-electron chi connectivity index (χ1n) is 11.8. The molecule has 5 nitrogen and oxygen atoms in total. The molecule has 172 valence electrons. The minimum Gasteiger partial charge on any atom is -0.378 e. The van der Waals surface area contributed by atoms with Crippen LogP contribution in [0.15, 0.2) is 96.0 Å². The maximum Gasteiger partial charge on any atom is 0.240 e. The fraction of sp³-hybridized carbons (Fsp3) is 0.214. The summed E-state index contributed by atoms with van der Waals surface area (Å²) >= 11 is 0. The molecular weight excluding hydrogens is 442 g/mol. The number of fused-ring (bicyclic) bond motifs is 4. The van der Waals surface area contributed by atoms with E-state index >= 15 is 0 Å². The average molecular weight is 470 g/mol. The first-order valence-corrected chi connectivity index (χ1v) is 13.3. The zero-order valence-corrected chi connectivity index (χ0v) is 19.6. The largest absolute Gasteiger partial charge is 0.378 e. The van der Waals surface area contributed by atoms with Crippen LogP contribution in [0, 0.1) is 5.92 Å². The molecule has 0 spiro atoms. The molecular formula is C28H27N3O2S. The molecule has 3 N–H and O–H groups in total. The number of aromatic nitrogens is 1. The van der Waals surface area contributed by atoms with Crippen molar-refractivity contribution in [1.29, 1.82) is 0 Å². The Hall–Kier alpha value is -3.35. The lowest BCUT2D eigenvalue weighted by Gasteiger charge is -2.37. The van der Waals surface area contributed by atoms with E-state index in [1.807, 2.05) is 48.5 Å². The number of benzene rings is 3. The molecule has 3 atom stereocenters. The normalized spacial score (nSPS) is 21.2. The van der Waals surface area contributed by atoms with Crippen LogP contribution in [0.2, 0.25) is 0 Å². The van der Waals surface area contributed by atoms with Crippen LogP contribution in [0.4, 0.5) is 5.69 Å². The van der Waals surface area contributed by atoms with Gasteiger partial charge in [-0.25, -0.2) is 13.1 Å². The highest BCUT2D eigenvalue weighted by Gasteiger charge is 2.39. The van der Waals surface area contributed by atoms with Crippen molar-refractivity contribution < 1.29 is 8.42 Å².